The summed E-state index contributed by atoms with van der Waals surface area (Å²) in [6.45, 7) is 3.79. The van der Waals surface area contributed by atoms with Gasteiger partial charge in [0, 0.05) is 6.54 Å². The van der Waals surface area contributed by atoms with Crippen molar-refractivity contribution in [1.29, 1.82) is 0 Å². The van der Waals surface area contributed by atoms with E-state index in [0.29, 0.717) is 12.2 Å². The van der Waals surface area contributed by atoms with Crippen LogP contribution in [0.1, 0.15) is 46.0 Å². The van der Waals surface area contributed by atoms with Gasteiger partial charge in [-0.15, -0.1) is 0 Å². The van der Waals surface area contributed by atoms with E-state index in [4.69, 9.17) is 22.3 Å². The molecule has 4 atom stereocenters. The molecule has 0 saturated heterocycles. The average Bonchev–Trinajstić information content (AvgIpc) is 2.76. The van der Waals surface area contributed by atoms with Gasteiger partial charge in [-0.05, 0) is 43.6 Å². The van der Waals surface area contributed by atoms with E-state index < -0.39 is 60.2 Å². The van der Waals surface area contributed by atoms with E-state index in [2.05, 4.69) is 20.9 Å². The predicted molar refractivity (Wildman–Crippen MR) is 136 cm³/mol. The van der Waals surface area contributed by atoms with Crippen molar-refractivity contribution in [3.63, 3.8) is 0 Å². The minimum Gasteiger partial charge on any atom is -0.481 e. The van der Waals surface area contributed by atoms with E-state index in [9.17, 15) is 29.1 Å². The first-order valence-corrected chi connectivity index (χ1v) is 12.8. The zero-order chi connectivity index (χ0) is 27.8. The monoisotopic (exact) mass is 533 g/mol. The van der Waals surface area contributed by atoms with Gasteiger partial charge in [-0.2, -0.15) is 11.8 Å². The van der Waals surface area contributed by atoms with E-state index in [1.807, 2.05) is 13.8 Å². The van der Waals surface area contributed by atoms with Gasteiger partial charge in [-0.3, -0.25) is 24.2 Å². The molecular formula is C21H39N7O7S. The first-order valence-electron chi connectivity index (χ1n) is 11.4. The fourth-order valence-electron chi connectivity index (χ4n) is 3.07. The molecule has 0 aromatic carbocycles. The smallest absolute Gasteiger partial charge is 0.326 e. The lowest BCUT2D eigenvalue weighted by Gasteiger charge is -2.25. The second-order valence-electron chi connectivity index (χ2n) is 8.59. The molecular weight excluding hydrogens is 494 g/mol. The molecule has 0 aromatic heterocycles. The number of nitrogens with two attached hydrogens (primary N) is 3. The van der Waals surface area contributed by atoms with Crippen LogP contribution in [-0.2, 0) is 24.0 Å². The largest absolute Gasteiger partial charge is 0.481 e. The molecule has 36 heavy (non-hydrogen) atoms. The maximum atomic E-state index is 13.0. The Bertz CT molecular complexity index is 791. The molecule has 0 aliphatic carbocycles. The number of carboxylic acids is 2. The maximum absolute atomic E-state index is 13.0. The summed E-state index contributed by atoms with van der Waals surface area (Å²) in [7, 11) is 0. The van der Waals surface area contributed by atoms with Crippen LogP contribution in [0.25, 0.3) is 0 Å². The van der Waals surface area contributed by atoms with E-state index in [1.54, 1.807) is 6.26 Å². The van der Waals surface area contributed by atoms with Crippen LogP contribution >= 0.6 is 11.8 Å². The first-order chi connectivity index (χ1) is 16.8. The zero-order valence-corrected chi connectivity index (χ0v) is 21.7. The van der Waals surface area contributed by atoms with Gasteiger partial charge in [0.25, 0.3) is 0 Å². The van der Waals surface area contributed by atoms with Crippen molar-refractivity contribution >= 4 is 47.4 Å². The summed E-state index contributed by atoms with van der Waals surface area (Å²) in [4.78, 5) is 64.5. The SMILES string of the molecule is CSCCC(NC(=O)C(N)CC(=O)O)C(=O)NC(CCCN=C(N)N)C(=O)NC(CC(C)C)C(=O)O. The summed E-state index contributed by atoms with van der Waals surface area (Å²) in [5.74, 6) is -4.38. The topological polar surface area (TPSA) is 252 Å². The lowest BCUT2D eigenvalue weighted by molar-refractivity contribution is -0.142. The number of hydrogen-bond donors (Lipinski definition) is 8. The van der Waals surface area contributed by atoms with Crippen molar-refractivity contribution in [3.8, 4) is 0 Å². The highest BCUT2D eigenvalue weighted by Crippen LogP contribution is 2.08. The van der Waals surface area contributed by atoms with E-state index >= 15 is 0 Å². The summed E-state index contributed by atoms with van der Waals surface area (Å²) in [5.41, 5.74) is 16.2. The Hall–Kier alpha value is -3.07. The Labute approximate surface area is 214 Å². The molecule has 14 nitrogen and oxygen atoms in total. The highest BCUT2D eigenvalue weighted by Gasteiger charge is 2.30. The fraction of sp³-hybridized carbons (Fsp3) is 0.714. The molecule has 15 heteroatoms. The van der Waals surface area contributed by atoms with Crippen molar-refractivity contribution < 1.29 is 34.2 Å². The normalized spacial score (nSPS) is 14.1. The van der Waals surface area contributed by atoms with Crippen LogP contribution in [-0.4, -0.2) is 88.6 Å². The summed E-state index contributed by atoms with van der Waals surface area (Å²) >= 11 is 1.42. The molecule has 206 valence electrons. The van der Waals surface area contributed by atoms with E-state index in [1.165, 1.54) is 11.8 Å². The minimum absolute atomic E-state index is 0.0116. The fourth-order valence-corrected chi connectivity index (χ4v) is 3.55. The van der Waals surface area contributed by atoms with Crippen LogP contribution in [0.3, 0.4) is 0 Å². The Morgan fingerprint density at radius 2 is 1.42 bits per heavy atom. The van der Waals surface area contributed by atoms with Crippen LogP contribution < -0.4 is 33.2 Å². The van der Waals surface area contributed by atoms with Gasteiger partial charge in [-0.25, -0.2) is 4.79 Å². The molecule has 0 aliphatic heterocycles. The molecule has 0 bridgehead atoms. The van der Waals surface area contributed by atoms with Crippen LogP contribution in [0.15, 0.2) is 4.99 Å². The molecule has 0 aromatic rings. The summed E-state index contributed by atoms with van der Waals surface area (Å²) in [6.07, 6.45) is 1.93. The number of aliphatic carboxylic acids is 2. The number of carbonyl (C=O) groups excluding carboxylic acids is 3. The van der Waals surface area contributed by atoms with Gasteiger partial charge >= 0.3 is 11.9 Å². The van der Waals surface area contributed by atoms with E-state index in [0.717, 1.165) is 0 Å². The Morgan fingerprint density at radius 1 is 0.889 bits per heavy atom. The van der Waals surface area contributed by atoms with Gasteiger partial charge in [0.05, 0.1) is 12.5 Å². The molecule has 11 N–H and O–H groups in total. The van der Waals surface area contributed by atoms with E-state index in [-0.39, 0.29) is 37.7 Å². The zero-order valence-electron chi connectivity index (χ0n) is 20.9. The lowest BCUT2D eigenvalue weighted by atomic mass is 10.0. The number of carbonyl (C=O) groups is 5. The highest BCUT2D eigenvalue weighted by atomic mass is 32.2. The van der Waals surface area contributed by atoms with Crippen molar-refractivity contribution in [2.24, 2.45) is 28.1 Å². The minimum atomic E-state index is -1.36. The van der Waals surface area contributed by atoms with Gasteiger partial charge < -0.3 is 43.4 Å². The summed E-state index contributed by atoms with van der Waals surface area (Å²) in [5, 5.41) is 25.8. The highest BCUT2D eigenvalue weighted by molar-refractivity contribution is 7.98. The van der Waals surface area contributed by atoms with Crippen molar-refractivity contribution in [3.05, 3.63) is 0 Å². The average molecular weight is 534 g/mol. The Kier molecular flexibility index (Phi) is 15.9. The molecule has 0 fully saturated rings. The number of rotatable bonds is 18. The van der Waals surface area contributed by atoms with Crippen molar-refractivity contribution in [2.75, 3.05) is 18.6 Å². The number of guanidine groups is 1. The van der Waals surface area contributed by atoms with Gasteiger partial charge in [0.15, 0.2) is 5.96 Å². The van der Waals surface area contributed by atoms with Gasteiger partial charge in [0.1, 0.15) is 18.1 Å². The predicted octanol–water partition coefficient (Wildman–Crippen LogP) is -1.82. The number of carboxylic acid groups (broad SMARTS) is 2. The molecule has 4 unspecified atom stereocenters. The van der Waals surface area contributed by atoms with Crippen LogP contribution in [0.2, 0.25) is 0 Å². The number of amides is 3. The number of nitrogens with zero attached hydrogens (tertiary/aromatic N) is 1. The van der Waals surface area contributed by atoms with Gasteiger partial charge in [-0.1, -0.05) is 13.8 Å². The number of aliphatic imine (C=N–C) groups is 1. The standard InChI is InChI=1S/C21H39N7O7S/c1-11(2)9-15(20(34)35)28-18(32)13(5-4-7-25-21(23)24)27-19(33)14(6-8-36-3)26-17(31)12(22)10-16(29)30/h11-15H,4-10,22H2,1-3H3,(H,26,31)(H,27,33)(H,28,32)(H,29,30)(H,34,35)(H4,23,24,25). The lowest BCUT2D eigenvalue weighted by Crippen LogP contribution is -2.57. The maximum Gasteiger partial charge on any atom is 0.326 e. The Balaban J connectivity index is 5.61. The molecule has 0 saturated carbocycles. The third-order valence-electron chi connectivity index (χ3n) is 4.87. The Morgan fingerprint density at radius 3 is 1.89 bits per heavy atom. The van der Waals surface area contributed by atoms with Crippen LogP contribution in [0, 0.1) is 5.92 Å². The molecule has 0 heterocycles. The number of nitrogens with one attached hydrogen (secondary N) is 3. The second kappa shape index (κ2) is 17.4. The third-order valence-corrected chi connectivity index (χ3v) is 5.52. The summed E-state index contributed by atoms with van der Waals surface area (Å²) in [6, 6.07) is -4.75. The molecule has 0 spiro atoms. The van der Waals surface area contributed by atoms with Crippen LogP contribution in [0.5, 0.6) is 0 Å². The molecule has 0 rings (SSSR count). The number of hydrogen-bond acceptors (Lipinski definition) is 8. The third kappa shape index (κ3) is 14.4. The second-order valence-corrected chi connectivity index (χ2v) is 9.57. The van der Waals surface area contributed by atoms with Crippen molar-refractivity contribution in [1.82, 2.24) is 16.0 Å². The molecule has 3 amide bonds. The van der Waals surface area contributed by atoms with Crippen molar-refractivity contribution in [2.45, 2.75) is 70.1 Å². The van der Waals surface area contributed by atoms with Gasteiger partial charge in [0.2, 0.25) is 17.7 Å². The molecule has 0 aliphatic rings. The quantitative estimate of drug-likeness (QED) is 0.0553. The van der Waals surface area contributed by atoms with Crippen LogP contribution in [0.4, 0.5) is 0 Å². The number of thioether (sulfide) groups is 1. The molecule has 0 radical (unpaired) electrons. The first kappa shape index (κ1) is 32.9. The summed E-state index contributed by atoms with van der Waals surface area (Å²) < 4.78 is 0.